The fourth-order valence-corrected chi connectivity index (χ4v) is 1.99. The summed E-state index contributed by atoms with van der Waals surface area (Å²) >= 11 is 0. The molecule has 0 radical (unpaired) electrons. The monoisotopic (exact) mass is 225 g/mol. The minimum absolute atomic E-state index is 0.292. The van der Waals surface area contributed by atoms with Crippen LogP contribution in [0.2, 0.25) is 0 Å². The van der Waals surface area contributed by atoms with Gasteiger partial charge in [-0.25, -0.2) is 0 Å². The minimum Gasteiger partial charge on any atom is -0.374 e. The molecule has 0 aromatic rings. The summed E-state index contributed by atoms with van der Waals surface area (Å²) in [5.41, 5.74) is 0. The van der Waals surface area contributed by atoms with Crippen LogP contribution < -0.4 is 0 Å². The summed E-state index contributed by atoms with van der Waals surface area (Å²) in [4.78, 5) is 4.63. The quantitative estimate of drug-likeness (QED) is 0.698. The Kier molecular flexibility index (Phi) is 5.75. The molecule has 0 saturated carbocycles. The molecule has 1 saturated heterocycles. The Labute approximate surface area is 98.8 Å². The molecule has 1 atom stereocenters. The molecule has 1 heterocycles. The summed E-state index contributed by atoms with van der Waals surface area (Å²) in [5, 5.41) is 8.63. The summed E-state index contributed by atoms with van der Waals surface area (Å²) in [5.74, 6) is 0. The van der Waals surface area contributed by atoms with Crippen LogP contribution >= 0.6 is 0 Å². The van der Waals surface area contributed by atoms with Gasteiger partial charge >= 0.3 is 0 Å². The predicted molar refractivity (Wildman–Crippen MR) is 64.2 cm³/mol. The third-order valence-corrected chi connectivity index (χ3v) is 3.02. The van der Waals surface area contributed by atoms with E-state index in [4.69, 9.17) is 10.00 Å². The summed E-state index contributed by atoms with van der Waals surface area (Å²) < 4.78 is 5.74. The predicted octanol–water partition coefficient (Wildman–Crippen LogP) is 0.941. The molecule has 1 unspecified atom stereocenters. The highest BCUT2D eigenvalue weighted by Crippen LogP contribution is 2.08. The Morgan fingerprint density at radius 1 is 1.56 bits per heavy atom. The molecule has 1 rings (SSSR count). The van der Waals surface area contributed by atoms with Crippen molar-refractivity contribution < 1.29 is 4.74 Å². The van der Waals surface area contributed by atoms with Gasteiger partial charge in [-0.3, -0.25) is 4.90 Å². The highest BCUT2D eigenvalue weighted by molar-refractivity contribution is 4.78. The molecule has 0 spiro atoms. The van der Waals surface area contributed by atoms with Crippen LogP contribution in [0.3, 0.4) is 0 Å². The Bertz CT molecular complexity index is 237. The summed E-state index contributed by atoms with van der Waals surface area (Å²) in [6.45, 7) is 8.97. The van der Waals surface area contributed by atoms with E-state index in [2.05, 4.69) is 36.8 Å². The van der Waals surface area contributed by atoms with Crippen molar-refractivity contribution in [1.82, 2.24) is 9.80 Å². The number of rotatable bonds is 5. The molecule has 4 heteroatoms. The van der Waals surface area contributed by atoms with Gasteiger partial charge in [0.05, 0.1) is 18.8 Å². The van der Waals surface area contributed by atoms with Crippen molar-refractivity contribution in [3.05, 3.63) is 0 Å². The fraction of sp³-hybridized carbons (Fsp3) is 0.917. The summed E-state index contributed by atoms with van der Waals surface area (Å²) in [6, 6.07) is 2.68. The number of nitriles is 1. The van der Waals surface area contributed by atoms with Crippen molar-refractivity contribution in [2.75, 3.05) is 39.8 Å². The molecule has 0 aliphatic carbocycles. The molecule has 92 valence electrons. The molecule has 16 heavy (non-hydrogen) atoms. The smallest absolute Gasteiger partial charge is 0.0829 e. The van der Waals surface area contributed by atoms with E-state index in [-0.39, 0.29) is 0 Å². The number of nitrogens with zero attached hydrogens (tertiary/aromatic N) is 3. The first kappa shape index (κ1) is 13.4. The number of morpholine rings is 1. The van der Waals surface area contributed by atoms with Crippen LogP contribution in [0, 0.1) is 11.3 Å². The molecule has 1 fully saturated rings. The van der Waals surface area contributed by atoms with E-state index in [0.29, 0.717) is 18.6 Å². The Morgan fingerprint density at radius 3 is 2.88 bits per heavy atom. The van der Waals surface area contributed by atoms with Crippen LogP contribution in [-0.2, 0) is 4.74 Å². The molecule has 0 bridgehead atoms. The maximum atomic E-state index is 8.63. The van der Waals surface area contributed by atoms with Gasteiger partial charge < -0.3 is 9.64 Å². The van der Waals surface area contributed by atoms with Gasteiger partial charge in [-0.1, -0.05) is 0 Å². The third-order valence-electron chi connectivity index (χ3n) is 3.02. The van der Waals surface area contributed by atoms with Crippen LogP contribution in [0.5, 0.6) is 0 Å². The van der Waals surface area contributed by atoms with Crippen molar-refractivity contribution in [1.29, 1.82) is 5.26 Å². The normalized spacial score (nSPS) is 22.6. The second-order valence-electron chi connectivity index (χ2n) is 4.75. The average molecular weight is 225 g/mol. The van der Waals surface area contributed by atoms with Gasteiger partial charge in [0.15, 0.2) is 0 Å². The molecule has 1 aliphatic heterocycles. The van der Waals surface area contributed by atoms with Crippen molar-refractivity contribution in [2.24, 2.45) is 0 Å². The van der Waals surface area contributed by atoms with E-state index in [1.54, 1.807) is 0 Å². The fourth-order valence-electron chi connectivity index (χ4n) is 1.99. The highest BCUT2D eigenvalue weighted by atomic mass is 16.5. The van der Waals surface area contributed by atoms with Crippen LogP contribution in [0.1, 0.15) is 20.3 Å². The van der Waals surface area contributed by atoms with Crippen LogP contribution in [0.25, 0.3) is 0 Å². The lowest BCUT2D eigenvalue weighted by Crippen LogP contribution is -2.47. The maximum absolute atomic E-state index is 8.63. The van der Waals surface area contributed by atoms with Gasteiger partial charge in [-0.05, 0) is 20.9 Å². The Balaban J connectivity index is 2.38. The van der Waals surface area contributed by atoms with E-state index in [0.717, 1.165) is 32.8 Å². The number of hydrogen-bond donors (Lipinski definition) is 0. The second-order valence-corrected chi connectivity index (χ2v) is 4.75. The first-order valence-electron chi connectivity index (χ1n) is 6.04. The van der Waals surface area contributed by atoms with E-state index in [9.17, 15) is 0 Å². The lowest BCUT2D eigenvalue weighted by Gasteiger charge is -2.35. The van der Waals surface area contributed by atoms with Crippen LogP contribution in [0.15, 0.2) is 0 Å². The van der Waals surface area contributed by atoms with Gasteiger partial charge in [0, 0.05) is 38.6 Å². The standard InChI is InChI=1S/C12H23N3O/c1-11(2)15(6-4-5-13)10-12-9-14(3)7-8-16-12/h11-12H,4,6-10H2,1-3H3. The van der Waals surface area contributed by atoms with Crippen molar-refractivity contribution in [2.45, 2.75) is 32.4 Å². The Hall–Kier alpha value is -0.630. The topological polar surface area (TPSA) is 39.5 Å². The number of hydrogen-bond acceptors (Lipinski definition) is 4. The van der Waals surface area contributed by atoms with Crippen molar-refractivity contribution in [3.8, 4) is 6.07 Å². The third kappa shape index (κ3) is 4.48. The van der Waals surface area contributed by atoms with Gasteiger partial charge in [-0.2, -0.15) is 5.26 Å². The van der Waals surface area contributed by atoms with Gasteiger partial charge in [0.2, 0.25) is 0 Å². The lowest BCUT2D eigenvalue weighted by atomic mass is 10.2. The zero-order valence-corrected chi connectivity index (χ0v) is 10.6. The number of ether oxygens (including phenoxy) is 1. The molecule has 4 nitrogen and oxygen atoms in total. The first-order valence-corrected chi connectivity index (χ1v) is 6.04. The molecule has 0 aromatic carbocycles. The second kappa shape index (κ2) is 6.85. The molecule has 0 N–H and O–H groups in total. The molecular formula is C12H23N3O. The minimum atomic E-state index is 0.292. The SMILES string of the molecule is CC(C)N(CCC#N)CC1CN(C)CCO1. The summed E-state index contributed by atoms with van der Waals surface area (Å²) in [6.07, 6.45) is 0.889. The van der Waals surface area contributed by atoms with Gasteiger partial charge in [0.25, 0.3) is 0 Å². The van der Waals surface area contributed by atoms with Crippen LogP contribution in [0.4, 0.5) is 0 Å². The lowest BCUT2D eigenvalue weighted by molar-refractivity contribution is -0.0392. The maximum Gasteiger partial charge on any atom is 0.0829 e. The largest absolute Gasteiger partial charge is 0.374 e. The van der Waals surface area contributed by atoms with E-state index >= 15 is 0 Å². The zero-order chi connectivity index (χ0) is 12.0. The van der Waals surface area contributed by atoms with E-state index in [1.807, 2.05) is 0 Å². The van der Waals surface area contributed by atoms with E-state index < -0.39 is 0 Å². The van der Waals surface area contributed by atoms with Crippen molar-refractivity contribution >= 4 is 0 Å². The number of likely N-dealkylation sites (N-methyl/N-ethyl adjacent to an activating group) is 1. The summed E-state index contributed by atoms with van der Waals surface area (Å²) in [7, 11) is 2.13. The van der Waals surface area contributed by atoms with E-state index in [1.165, 1.54) is 0 Å². The first-order chi connectivity index (χ1) is 7.63. The van der Waals surface area contributed by atoms with Gasteiger partial charge in [-0.15, -0.1) is 0 Å². The highest BCUT2D eigenvalue weighted by Gasteiger charge is 2.21. The van der Waals surface area contributed by atoms with Crippen molar-refractivity contribution in [3.63, 3.8) is 0 Å². The Morgan fingerprint density at radius 2 is 2.31 bits per heavy atom. The average Bonchev–Trinajstić information content (AvgIpc) is 2.24. The molecule has 1 aliphatic rings. The van der Waals surface area contributed by atoms with Gasteiger partial charge in [0.1, 0.15) is 0 Å². The molecular weight excluding hydrogens is 202 g/mol. The molecule has 0 amide bonds. The zero-order valence-electron chi connectivity index (χ0n) is 10.6. The van der Waals surface area contributed by atoms with Crippen LogP contribution in [-0.4, -0.2) is 61.8 Å². The molecule has 0 aromatic heterocycles.